The van der Waals surface area contributed by atoms with Gasteiger partial charge >= 0.3 is 0 Å². The van der Waals surface area contributed by atoms with Gasteiger partial charge in [0, 0.05) is 58.8 Å². The number of hydrogen-bond donors (Lipinski definition) is 2. The Bertz CT molecular complexity index is 247. The van der Waals surface area contributed by atoms with Crippen molar-refractivity contribution in [3.63, 3.8) is 0 Å². The molecule has 1 amide bonds. The van der Waals surface area contributed by atoms with Crippen LogP contribution >= 0.6 is 0 Å². The first-order valence-electron chi connectivity index (χ1n) is 6.67. The summed E-state index contributed by atoms with van der Waals surface area (Å²) in [6.07, 6.45) is 1.63. The van der Waals surface area contributed by atoms with E-state index in [0.717, 1.165) is 45.2 Å². The summed E-state index contributed by atoms with van der Waals surface area (Å²) in [5.41, 5.74) is 0. The molecule has 0 saturated carbocycles. The van der Waals surface area contributed by atoms with Crippen molar-refractivity contribution in [1.82, 2.24) is 20.4 Å². The molecule has 0 aromatic carbocycles. The minimum absolute atomic E-state index is 0.157. The maximum atomic E-state index is 11.1. The van der Waals surface area contributed by atoms with Crippen LogP contribution in [0, 0.1) is 0 Å². The van der Waals surface area contributed by atoms with Gasteiger partial charge in [-0.1, -0.05) is 0 Å². The van der Waals surface area contributed by atoms with Crippen LogP contribution in [-0.2, 0) is 4.79 Å². The smallest absolute Gasteiger partial charge is 0.219 e. The van der Waals surface area contributed by atoms with Gasteiger partial charge < -0.3 is 15.5 Å². The van der Waals surface area contributed by atoms with Crippen LogP contribution in [-0.4, -0.2) is 74.6 Å². The molecular weight excluding hydrogens is 216 g/mol. The van der Waals surface area contributed by atoms with Crippen LogP contribution in [0.2, 0.25) is 0 Å². The highest BCUT2D eigenvalue weighted by Gasteiger charge is 2.27. The van der Waals surface area contributed by atoms with E-state index in [0.29, 0.717) is 6.42 Å². The SMILES string of the molecule is CNC(=O)CCCN1CCN(C2CNC2)CC1. The lowest BCUT2D eigenvalue weighted by Crippen LogP contribution is -2.61. The molecule has 2 heterocycles. The Morgan fingerprint density at radius 2 is 2.00 bits per heavy atom. The number of hydrogen-bond acceptors (Lipinski definition) is 4. The van der Waals surface area contributed by atoms with Crippen molar-refractivity contribution >= 4 is 5.91 Å². The molecule has 5 nitrogen and oxygen atoms in total. The number of carbonyl (C=O) groups excluding carboxylic acids is 1. The van der Waals surface area contributed by atoms with E-state index < -0.39 is 0 Å². The van der Waals surface area contributed by atoms with Gasteiger partial charge in [-0.25, -0.2) is 0 Å². The molecule has 0 aliphatic carbocycles. The van der Waals surface area contributed by atoms with Gasteiger partial charge in [-0.3, -0.25) is 9.69 Å². The highest BCUT2D eigenvalue weighted by molar-refractivity contribution is 5.75. The fourth-order valence-corrected chi connectivity index (χ4v) is 2.47. The van der Waals surface area contributed by atoms with E-state index in [-0.39, 0.29) is 5.91 Å². The molecule has 2 aliphatic rings. The molecule has 0 aromatic rings. The molecule has 2 fully saturated rings. The van der Waals surface area contributed by atoms with Crippen LogP contribution < -0.4 is 10.6 Å². The minimum atomic E-state index is 0.157. The molecule has 0 spiro atoms. The zero-order valence-corrected chi connectivity index (χ0v) is 10.7. The van der Waals surface area contributed by atoms with Gasteiger partial charge in [0.1, 0.15) is 0 Å². The predicted octanol–water partition coefficient (Wildman–Crippen LogP) is -0.898. The van der Waals surface area contributed by atoms with Crippen LogP contribution in [0.4, 0.5) is 0 Å². The second kappa shape index (κ2) is 6.33. The lowest BCUT2D eigenvalue weighted by Gasteiger charge is -2.43. The normalized spacial score (nSPS) is 23.4. The van der Waals surface area contributed by atoms with E-state index in [9.17, 15) is 4.79 Å². The van der Waals surface area contributed by atoms with E-state index >= 15 is 0 Å². The highest BCUT2D eigenvalue weighted by Crippen LogP contribution is 2.10. The van der Waals surface area contributed by atoms with E-state index in [4.69, 9.17) is 0 Å². The van der Waals surface area contributed by atoms with Gasteiger partial charge in [0.25, 0.3) is 0 Å². The van der Waals surface area contributed by atoms with Crippen LogP contribution in [0.1, 0.15) is 12.8 Å². The largest absolute Gasteiger partial charge is 0.359 e. The Morgan fingerprint density at radius 3 is 2.53 bits per heavy atom. The number of carbonyl (C=O) groups is 1. The van der Waals surface area contributed by atoms with Crippen molar-refractivity contribution in [2.75, 3.05) is 52.9 Å². The third-order valence-electron chi connectivity index (χ3n) is 3.84. The molecule has 98 valence electrons. The second-order valence-electron chi connectivity index (χ2n) is 4.97. The van der Waals surface area contributed by atoms with Gasteiger partial charge in [0.05, 0.1) is 0 Å². The molecule has 5 heteroatoms. The van der Waals surface area contributed by atoms with Gasteiger partial charge in [-0.2, -0.15) is 0 Å². The van der Waals surface area contributed by atoms with E-state index in [1.54, 1.807) is 7.05 Å². The maximum Gasteiger partial charge on any atom is 0.219 e. The average Bonchev–Trinajstić information content (AvgIpc) is 2.29. The third kappa shape index (κ3) is 3.66. The molecule has 0 atom stereocenters. The van der Waals surface area contributed by atoms with Crippen molar-refractivity contribution in [1.29, 1.82) is 0 Å². The number of piperazine rings is 1. The van der Waals surface area contributed by atoms with Gasteiger partial charge in [-0.05, 0) is 13.0 Å². The molecule has 0 unspecified atom stereocenters. The summed E-state index contributed by atoms with van der Waals surface area (Å²) in [6.45, 7) is 8.07. The molecule has 0 radical (unpaired) electrons. The summed E-state index contributed by atoms with van der Waals surface area (Å²) >= 11 is 0. The molecular formula is C12H24N4O. The summed E-state index contributed by atoms with van der Waals surface area (Å²) in [7, 11) is 1.70. The van der Waals surface area contributed by atoms with Gasteiger partial charge in [0.15, 0.2) is 0 Å². The van der Waals surface area contributed by atoms with Crippen molar-refractivity contribution in [3.05, 3.63) is 0 Å². The maximum absolute atomic E-state index is 11.1. The average molecular weight is 240 g/mol. The van der Waals surface area contributed by atoms with E-state index in [1.807, 2.05) is 0 Å². The van der Waals surface area contributed by atoms with E-state index in [1.165, 1.54) is 13.1 Å². The monoisotopic (exact) mass is 240 g/mol. The standard InChI is InChI=1S/C12H24N4O/c1-13-12(17)3-2-4-15-5-7-16(8-6-15)11-9-14-10-11/h11,14H,2-10H2,1H3,(H,13,17). The molecule has 2 rings (SSSR count). The second-order valence-corrected chi connectivity index (χ2v) is 4.97. The molecule has 2 N–H and O–H groups in total. The minimum Gasteiger partial charge on any atom is -0.359 e. The zero-order valence-electron chi connectivity index (χ0n) is 10.7. The van der Waals surface area contributed by atoms with Crippen LogP contribution in [0.5, 0.6) is 0 Å². The molecule has 2 aliphatic heterocycles. The summed E-state index contributed by atoms with van der Waals surface area (Å²) in [5.74, 6) is 0.157. The number of nitrogens with one attached hydrogen (secondary N) is 2. The number of nitrogens with zero attached hydrogens (tertiary/aromatic N) is 2. The lowest BCUT2D eigenvalue weighted by molar-refractivity contribution is -0.120. The van der Waals surface area contributed by atoms with Crippen molar-refractivity contribution in [2.24, 2.45) is 0 Å². The van der Waals surface area contributed by atoms with Gasteiger partial charge in [0.2, 0.25) is 5.91 Å². The third-order valence-corrected chi connectivity index (χ3v) is 3.84. The summed E-state index contributed by atoms with van der Waals surface area (Å²) in [5, 5.41) is 5.99. The zero-order chi connectivity index (χ0) is 12.1. The Morgan fingerprint density at radius 1 is 1.29 bits per heavy atom. The van der Waals surface area contributed by atoms with Crippen LogP contribution in [0.15, 0.2) is 0 Å². The molecule has 17 heavy (non-hydrogen) atoms. The van der Waals surface area contributed by atoms with Crippen molar-refractivity contribution in [3.8, 4) is 0 Å². The first kappa shape index (κ1) is 12.8. The summed E-state index contributed by atoms with van der Waals surface area (Å²) in [6, 6.07) is 0.781. The lowest BCUT2D eigenvalue weighted by atomic mass is 10.1. The predicted molar refractivity (Wildman–Crippen MR) is 68.0 cm³/mol. The van der Waals surface area contributed by atoms with Gasteiger partial charge in [-0.15, -0.1) is 0 Å². The first-order valence-corrected chi connectivity index (χ1v) is 6.67. The molecule has 0 aromatic heterocycles. The quantitative estimate of drug-likeness (QED) is 0.654. The fourth-order valence-electron chi connectivity index (χ4n) is 2.47. The van der Waals surface area contributed by atoms with Crippen molar-refractivity contribution < 1.29 is 4.79 Å². The van der Waals surface area contributed by atoms with Crippen LogP contribution in [0.3, 0.4) is 0 Å². The first-order chi connectivity index (χ1) is 8.29. The van der Waals surface area contributed by atoms with Crippen LogP contribution in [0.25, 0.3) is 0 Å². The highest BCUT2D eigenvalue weighted by atomic mass is 16.1. The summed E-state index contributed by atoms with van der Waals surface area (Å²) in [4.78, 5) is 16.2. The number of amides is 1. The Labute approximate surface area is 104 Å². The number of rotatable bonds is 5. The Hall–Kier alpha value is -0.650. The molecule has 0 bridgehead atoms. The topological polar surface area (TPSA) is 47.6 Å². The molecule has 2 saturated heterocycles. The van der Waals surface area contributed by atoms with Crippen molar-refractivity contribution in [2.45, 2.75) is 18.9 Å². The van der Waals surface area contributed by atoms with E-state index in [2.05, 4.69) is 20.4 Å². The Balaban J connectivity index is 1.57. The Kier molecular flexibility index (Phi) is 4.76. The summed E-state index contributed by atoms with van der Waals surface area (Å²) < 4.78 is 0. The fraction of sp³-hybridized carbons (Fsp3) is 0.917.